The van der Waals surface area contributed by atoms with Crippen LogP contribution in [0.4, 0.5) is 4.39 Å². The van der Waals surface area contributed by atoms with E-state index in [1.165, 1.54) is 12.1 Å². The number of cyclic esters (lactones) is 1. The van der Waals surface area contributed by atoms with Crippen LogP contribution in [0, 0.1) is 11.7 Å². The minimum absolute atomic E-state index is 0.0502. The molecular formula is C16H19FO3. The summed E-state index contributed by atoms with van der Waals surface area (Å²) in [6.45, 7) is 3.91. The number of carbonyl (C=O) groups excluding carboxylic acids is 1. The van der Waals surface area contributed by atoms with Crippen LogP contribution in [-0.2, 0) is 16.0 Å². The highest BCUT2D eigenvalue weighted by Crippen LogP contribution is 2.36. The van der Waals surface area contributed by atoms with E-state index >= 15 is 0 Å². The number of rotatable bonds is 4. The highest BCUT2D eigenvalue weighted by atomic mass is 19.1. The van der Waals surface area contributed by atoms with Crippen molar-refractivity contribution in [2.45, 2.75) is 38.7 Å². The van der Waals surface area contributed by atoms with Gasteiger partial charge in [0.25, 0.3) is 0 Å². The van der Waals surface area contributed by atoms with E-state index < -0.39 is 11.6 Å². The topological polar surface area (TPSA) is 46.5 Å². The zero-order chi connectivity index (χ0) is 14.8. The molecule has 3 nitrogen and oxygen atoms in total. The summed E-state index contributed by atoms with van der Waals surface area (Å²) in [6, 6.07) is 6.39. The number of hydrogen-bond acceptors (Lipinski definition) is 3. The van der Waals surface area contributed by atoms with Gasteiger partial charge >= 0.3 is 5.97 Å². The third kappa shape index (κ3) is 3.18. The summed E-state index contributed by atoms with van der Waals surface area (Å²) in [5.74, 6) is -0.670. The summed E-state index contributed by atoms with van der Waals surface area (Å²) in [5.41, 5.74) is 0.137. The SMILES string of the molecule is CC(C)C1(CCc2cccc(F)c2)CC(O)=CC(=O)O1. The standard InChI is InChI=1S/C16H19FO3/c1-11(2)16(10-14(18)9-15(19)20-16)7-6-12-4-3-5-13(17)8-12/h3-5,8-9,11,18H,6-7,10H2,1-2H3. The maximum absolute atomic E-state index is 13.2. The van der Waals surface area contributed by atoms with Gasteiger partial charge < -0.3 is 9.84 Å². The number of esters is 1. The Morgan fingerprint density at radius 1 is 1.45 bits per heavy atom. The number of aryl methyl sites for hydroxylation is 1. The molecule has 1 aromatic carbocycles. The monoisotopic (exact) mass is 278 g/mol. The molecular weight excluding hydrogens is 259 g/mol. The summed E-state index contributed by atoms with van der Waals surface area (Å²) in [4.78, 5) is 11.5. The van der Waals surface area contributed by atoms with E-state index in [4.69, 9.17) is 4.74 Å². The van der Waals surface area contributed by atoms with Crippen LogP contribution in [0.1, 0.15) is 32.3 Å². The quantitative estimate of drug-likeness (QED) is 0.857. The van der Waals surface area contributed by atoms with Gasteiger partial charge in [0.15, 0.2) is 0 Å². The van der Waals surface area contributed by atoms with Crippen molar-refractivity contribution in [1.29, 1.82) is 0 Å². The second-order valence-corrected chi connectivity index (χ2v) is 5.58. The molecule has 20 heavy (non-hydrogen) atoms. The van der Waals surface area contributed by atoms with Gasteiger partial charge in [-0.1, -0.05) is 26.0 Å². The molecule has 0 fully saturated rings. The van der Waals surface area contributed by atoms with Gasteiger partial charge in [0, 0.05) is 6.42 Å². The lowest BCUT2D eigenvalue weighted by Crippen LogP contribution is -2.43. The lowest BCUT2D eigenvalue weighted by molar-refractivity contribution is -0.163. The van der Waals surface area contributed by atoms with Crippen LogP contribution >= 0.6 is 0 Å². The van der Waals surface area contributed by atoms with Gasteiger partial charge in [-0.15, -0.1) is 0 Å². The lowest BCUT2D eigenvalue weighted by atomic mass is 9.80. The minimum Gasteiger partial charge on any atom is -0.512 e. The molecule has 1 aliphatic rings. The van der Waals surface area contributed by atoms with Crippen LogP contribution in [0.25, 0.3) is 0 Å². The highest BCUT2D eigenvalue weighted by Gasteiger charge is 2.41. The van der Waals surface area contributed by atoms with Crippen LogP contribution in [0.3, 0.4) is 0 Å². The Morgan fingerprint density at radius 2 is 2.20 bits per heavy atom. The molecule has 0 amide bonds. The lowest BCUT2D eigenvalue weighted by Gasteiger charge is -2.39. The van der Waals surface area contributed by atoms with Crippen LogP contribution in [0.15, 0.2) is 36.1 Å². The number of ether oxygens (including phenoxy) is 1. The average Bonchev–Trinajstić information content (AvgIpc) is 2.35. The summed E-state index contributed by atoms with van der Waals surface area (Å²) in [7, 11) is 0. The van der Waals surface area contributed by atoms with Crippen molar-refractivity contribution in [1.82, 2.24) is 0 Å². The molecule has 1 N–H and O–H groups in total. The van der Waals surface area contributed by atoms with Gasteiger partial charge in [0.05, 0.1) is 6.08 Å². The second kappa shape index (κ2) is 5.65. The van der Waals surface area contributed by atoms with Crippen molar-refractivity contribution in [2.24, 2.45) is 5.92 Å². The van der Waals surface area contributed by atoms with E-state index in [1.807, 2.05) is 19.9 Å². The van der Waals surface area contributed by atoms with Crippen molar-refractivity contribution in [2.75, 3.05) is 0 Å². The minimum atomic E-state index is -0.720. The van der Waals surface area contributed by atoms with Gasteiger partial charge in [-0.2, -0.15) is 0 Å². The maximum atomic E-state index is 13.2. The number of aliphatic hydroxyl groups is 1. The summed E-state index contributed by atoms with van der Waals surface area (Å²) >= 11 is 0. The van der Waals surface area contributed by atoms with Crippen LogP contribution in [0.2, 0.25) is 0 Å². The fraction of sp³-hybridized carbons (Fsp3) is 0.438. The zero-order valence-corrected chi connectivity index (χ0v) is 11.7. The summed E-state index contributed by atoms with van der Waals surface area (Å²) < 4.78 is 18.7. The third-order valence-corrected chi connectivity index (χ3v) is 3.85. The number of aliphatic hydroxyl groups excluding tert-OH is 1. The summed E-state index contributed by atoms with van der Waals surface area (Å²) in [6.07, 6.45) is 2.57. The molecule has 1 aliphatic heterocycles. The molecule has 1 aromatic rings. The smallest absolute Gasteiger partial charge is 0.334 e. The van der Waals surface area contributed by atoms with E-state index in [0.29, 0.717) is 19.3 Å². The largest absolute Gasteiger partial charge is 0.512 e. The van der Waals surface area contributed by atoms with Gasteiger partial charge in [-0.25, -0.2) is 9.18 Å². The highest BCUT2D eigenvalue weighted by molar-refractivity contribution is 5.83. The second-order valence-electron chi connectivity index (χ2n) is 5.58. The molecule has 0 saturated carbocycles. The molecule has 0 aliphatic carbocycles. The van der Waals surface area contributed by atoms with Crippen molar-refractivity contribution < 1.29 is 19.0 Å². The molecule has 2 rings (SSSR count). The maximum Gasteiger partial charge on any atom is 0.334 e. The first-order valence-corrected chi connectivity index (χ1v) is 6.78. The Bertz CT molecular complexity index is 536. The Hall–Kier alpha value is -1.84. The van der Waals surface area contributed by atoms with Gasteiger partial charge in [0.2, 0.25) is 0 Å². The van der Waals surface area contributed by atoms with Crippen molar-refractivity contribution in [3.63, 3.8) is 0 Å². The number of hydrogen-bond donors (Lipinski definition) is 1. The molecule has 4 heteroatoms. The third-order valence-electron chi connectivity index (χ3n) is 3.85. The fourth-order valence-electron chi connectivity index (χ4n) is 2.56. The molecule has 0 saturated heterocycles. The fourth-order valence-corrected chi connectivity index (χ4v) is 2.56. The van der Waals surface area contributed by atoms with Gasteiger partial charge in [-0.05, 0) is 36.5 Å². The van der Waals surface area contributed by atoms with E-state index in [0.717, 1.165) is 11.6 Å². The van der Waals surface area contributed by atoms with Crippen LogP contribution in [0.5, 0.6) is 0 Å². The van der Waals surface area contributed by atoms with Crippen molar-refractivity contribution in [3.8, 4) is 0 Å². The van der Waals surface area contributed by atoms with Crippen LogP contribution < -0.4 is 0 Å². The molecule has 0 aromatic heterocycles. The predicted molar refractivity (Wildman–Crippen MR) is 73.7 cm³/mol. The first kappa shape index (κ1) is 14.6. The Balaban J connectivity index is 2.15. The van der Waals surface area contributed by atoms with E-state index in [2.05, 4.69) is 0 Å². The summed E-state index contributed by atoms with van der Waals surface area (Å²) in [5, 5.41) is 9.71. The molecule has 1 unspecified atom stereocenters. The number of halogens is 1. The molecule has 0 bridgehead atoms. The van der Waals surface area contributed by atoms with E-state index in [1.54, 1.807) is 6.07 Å². The van der Waals surface area contributed by atoms with Crippen LogP contribution in [-0.4, -0.2) is 16.7 Å². The number of carbonyl (C=O) groups is 1. The molecule has 108 valence electrons. The Morgan fingerprint density at radius 3 is 2.80 bits per heavy atom. The number of benzene rings is 1. The van der Waals surface area contributed by atoms with Gasteiger partial charge in [0.1, 0.15) is 17.2 Å². The zero-order valence-electron chi connectivity index (χ0n) is 11.7. The molecule has 0 radical (unpaired) electrons. The van der Waals surface area contributed by atoms with Gasteiger partial charge in [-0.3, -0.25) is 0 Å². The molecule has 1 heterocycles. The predicted octanol–water partition coefficient (Wildman–Crippen LogP) is 3.54. The Kier molecular flexibility index (Phi) is 4.12. The molecule has 1 atom stereocenters. The van der Waals surface area contributed by atoms with E-state index in [9.17, 15) is 14.3 Å². The average molecular weight is 278 g/mol. The van der Waals surface area contributed by atoms with E-state index in [-0.39, 0.29) is 17.5 Å². The normalized spacial score (nSPS) is 22.6. The van der Waals surface area contributed by atoms with Crippen molar-refractivity contribution in [3.05, 3.63) is 47.5 Å². The first-order valence-electron chi connectivity index (χ1n) is 6.78. The molecule has 0 spiro atoms. The first-order chi connectivity index (χ1) is 9.41. The Labute approximate surface area is 118 Å². The van der Waals surface area contributed by atoms with Crippen molar-refractivity contribution >= 4 is 5.97 Å².